The topological polar surface area (TPSA) is 49.4 Å². The maximum Gasteiger partial charge on any atom is 1.00 e. The fraction of sp³-hybridized carbons (Fsp3) is 0.300. The van der Waals surface area contributed by atoms with Crippen molar-refractivity contribution in [2.24, 2.45) is 0 Å². The van der Waals surface area contributed by atoms with E-state index >= 15 is 0 Å². The van der Waals surface area contributed by atoms with E-state index in [4.69, 9.17) is 4.74 Å². The Hall–Kier alpha value is -0.510. The molecule has 0 aliphatic heterocycles. The van der Waals surface area contributed by atoms with Gasteiger partial charge in [-0.1, -0.05) is 12.1 Å². The van der Waals surface area contributed by atoms with Crippen molar-refractivity contribution in [1.82, 2.24) is 0 Å². The summed E-state index contributed by atoms with van der Waals surface area (Å²) in [6.45, 7) is 3.56. The second-order valence-corrected chi connectivity index (χ2v) is 2.98. The predicted octanol–water partition coefficient (Wildman–Crippen LogP) is -1.67. The van der Waals surface area contributed by atoms with Crippen molar-refractivity contribution in [2.75, 3.05) is 0 Å². The largest absolute Gasteiger partial charge is 1.00 e. The first kappa shape index (κ1) is 13.5. The van der Waals surface area contributed by atoms with Crippen LogP contribution in [-0.2, 0) is 4.74 Å². The first-order valence-electron chi connectivity index (χ1n) is 4.07. The molecule has 70 valence electrons. The van der Waals surface area contributed by atoms with E-state index < -0.39 is 5.97 Å². The Morgan fingerprint density at radius 2 is 1.79 bits per heavy atom. The minimum Gasteiger partial charge on any atom is -0.872 e. The average Bonchev–Trinajstić information content (AvgIpc) is 2.04. The van der Waals surface area contributed by atoms with Crippen molar-refractivity contribution < 1.29 is 44.2 Å². The van der Waals surface area contributed by atoms with Gasteiger partial charge in [-0.3, -0.25) is 0 Å². The second-order valence-electron chi connectivity index (χ2n) is 2.98. The van der Waals surface area contributed by atoms with Gasteiger partial charge in [0.25, 0.3) is 0 Å². The normalized spacial score (nSPS) is 9.36. The molecule has 1 aromatic carbocycles. The van der Waals surface area contributed by atoms with Crippen LogP contribution in [0.3, 0.4) is 0 Å². The van der Waals surface area contributed by atoms with E-state index in [0.29, 0.717) is 5.56 Å². The van der Waals surface area contributed by atoms with Crippen LogP contribution in [0.4, 0.5) is 0 Å². The third-order valence-electron chi connectivity index (χ3n) is 1.43. The third-order valence-corrected chi connectivity index (χ3v) is 1.43. The molecule has 0 aliphatic carbocycles. The summed E-state index contributed by atoms with van der Waals surface area (Å²) in [5.74, 6) is -0.504. The van der Waals surface area contributed by atoms with Crippen LogP contribution < -0.4 is 34.7 Å². The maximum atomic E-state index is 11.2. The average molecular weight is 202 g/mol. The zero-order valence-electron chi connectivity index (χ0n) is 8.61. The van der Waals surface area contributed by atoms with Crippen LogP contribution in [0.5, 0.6) is 5.75 Å². The summed E-state index contributed by atoms with van der Waals surface area (Å²) in [7, 11) is 0. The Labute approximate surface area is 105 Å². The van der Waals surface area contributed by atoms with Crippen LogP contribution in [-0.4, -0.2) is 12.1 Å². The van der Waals surface area contributed by atoms with E-state index in [1.54, 1.807) is 13.8 Å². The minimum absolute atomic E-state index is 0. The molecule has 0 heterocycles. The van der Waals surface area contributed by atoms with E-state index in [9.17, 15) is 9.90 Å². The quantitative estimate of drug-likeness (QED) is 0.425. The Morgan fingerprint density at radius 1 is 1.29 bits per heavy atom. The van der Waals surface area contributed by atoms with Gasteiger partial charge < -0.3 is 9.84 Å². The van der Waals surface area contributed by atoms with Crippen LogP contribution in [0.2, 0.25) is 0 Å². The molecule has 0 atom stereocenters. The molecule has 4 heteroatoms. The van der Waals surface area contributed by atoms with E-state index in [1.165, 1.54) is 24.3 Å². The van der Waals surface area contributed by atoms with E-state index in [1.807, 2.05) is 0 Å². The fourth-order valence-electron chi connectivity index (χ4n) is 0.873. The van der Waals surface area contributed by atoms with Crippen molar-refractivity contribution in [3.05, 3.63) is 29.8 Å². The third kappa shape index (κ3) is 4.13. The van der Waals surface area contributed by atoms with Crippen molar-refractivity contribution in [3.63, 3.8) is 0 Å². The molecule has 0 saturated heterocycles. The summed E-state index contributed by atoms with van der Waals surface area (Å²) >= 11 is 0. The van der Waals surface area contributed by atoms with E-state index in [0.717, 1.165) is 0 Å². The molecule has 0 unspecified atom stereocenters. The molecular formula is C10H11NaO3. The zero-order valence-corrected chi connectivity index (χ0v) is 10.6. The molecule has 0 N–H and O–H groups in total. The molecule has 1 rings (SSSR count). The van der Waals surface area contributed by atoms with Crippen molar-refractivity contribution in [1.29, 1.82) is 0 Å². The Morgan fingerprint density at radius 3 is 2.21 bits per heavy atom. The van der Waals surface area contributed by atoms with Gasteiger partial charge in [0.1, 0.15) is 0 Å². The van der Waals surface area contributed by atoms with Gasteiger partial charge in [-0.05, 0) is 26.0 Å². The molecule has 1 aromatic rings. The zero-order chi connectivity index (χ0) is 9.84. The van der Waals surface area contributed by atoms with Gasteiger partial charge in [0, 0.05) is 0 Å². The molecule has 0 amide bonds. The molecule has 0 bridgehead atoms. The Bertz CT molecular complexity index is 293. The van der Waals surface area contributed by atoms with Crippen molar-refractivity contribution in [2.45, 2.75) is 20.0 Å². The number of rotatable bonds is 2. The molecule has 0 saturated carbocycles. The molecule has 14 heavy (non-hydrogen) atoms. The molecule has 0 spiro atoms. The van der Waals surface area contributed by atoms with Gasteiger partial charge >= 0.3 is 35.5 Å². The second kappa shape index (κ2) is 6.06. The summed E-state index contributed by atoms with van der Waals surface area (Å²) in [5, 5.41) is 10.7. The Kier molecular flexibility index (Phi) is 5.84. The molecule has 0 radical (unpaired) electrons. The molecule has 0 aromatic heterocycles. The molecule has 3 nitrogen and oxygen atoms in total. The number of carbonyl (C=O) groups excluding carboxylic acids is 1. The van der Waals surface area contributed by atoms with Crippen LogP contribution in [0.1, 0.15) is 24.2 Å². The van der Waals surface area contributed by atoms with Gasteiger partial charge in [-0.2, -0.15) is 0 Å². The first-order chi connectivity index (χ1) is 6.09. The van der Waals surface area contributed by atoms with Crippen LogP contribution in [0.25, 0.3) is 0 Å². The van der Waals surface area contributed by atoms with Crippen LogP contribution >= 0.6 is 0 Å². The molecule has 0 aliphatic rings. The number of hydrogen-bond acceptors (Lipinski definition) is 3. The summed E-state index contributed by atoms with van der Waals surface area (Å²) < 4.78 is 4.94. The summed E-state index contributed by atoms with van der Waals surface area (Å²) in [6.07, 6.45) is -0.139. The van der Waals surface area contributed by atoms with Gasteiger partial charge in [-0.15, -0.1) is 5.75 Å². The molecule has 0 fully saturated rings. The number of esters is 1. The van der Waals surface area contributed by atoms with Gasteiger partial charge in [0.2, 0.25) is 0 Å². The van der Waals surface area contributed by atoms with E-state index in [2.05, 4.69) is 0 Å². The number of hydrogen-bond donors (Lipinski definition) is 0. The Balaban J connectivity index is 0.00000169. The summed E-state index contributed by atoms with van der Waals surface area (Å²) in [5.41, 5.74) is 0.410. The number of carbonyl (C=O) groups is 1. The molecular weight excluding hydrogens is 191 g/mol. The van der Waals surface area contributed by atoms with Crippen molar-refractivity contribution >= 4 is 5.97 Å². The number of ether oxygens (including phenoxy) is 1. The SMILES string of the molecule is CC(C)OC(=O)c1ccc([O-])cc1.[Na+]. The van der Waals surface area contributed by atoms with Crippen LogP contribution in [0.15, 0.2) is 24.3 Å². The fourth-order valence-corrected chi connectivity index (χ4v) is 0.873. The van der Waals surface area contributed by atoms with Gasteiger partial charge in [0.15, 0.2) is 0 Å². The van der Waals surface area contributed by atoms with Crippen LogP contribution in [0, 0.1) is 0 Å². The van der Waals surface area contributed by atoms with Gasteiger partial charge in [-0.25, -0.2) is 4.79 Å². The smallest absolute Gasteiger partial charge is 0.872 e. The summed E-state index contributed by atoms with van der Waals surface area (Å²) in [4.78, 5) is 11.2. The van der Waals surface area contributed by atoms with Gasteiger partial charge in [0.05, 0.1) is 11.7 Å². The minimum atomic E-state index is -0.394. The standard InChI is InChI=1S/C10H12O3.Na/c1-7(2)13-10(12)8-3-5-9(11)6-4-8;/h3-7,11H,1-2H3;/q;+1/p-1. The first-order valence-corrected chi connectivity index (χ1v) is 4.07. The predicted molar refractivity (Wildman–Crippen MR) is 46.4 cm³/mol. The number of benzene rings is 1. The maximum absolute atomic E-state index is 11.2. The monoisotopic (exact) mass is 202 g/mol. The van der Waals surface area contributed by atoms with Crippen molar-refractivity contribution in [3.8, 4) is 5.75 Å². The van der Waals surface area contributed by atoms with E-state index in [-0.39, 0.29) is 41.4 Å². The summed E-state index contributed by atoms with van der Waals surface area (Å²) in [6, 6.07) is 5.62.